The summed E-state index contributed by atoms with van der Waals surface area (Å²) in [5.74, 6) is 0. The molecule has 0 N–H and O–H groups in total. The van der Waals surface area contributed by atoms with E-state index in [2.05, 4.69) is 23.2 Å². The zero-order valence-electron chi connectivity index (χ0n) is 9.71. The Hall–Kier alpha value is -2.16. The molecule has 17 heavy (non-hydrogen) atoms. The van der Waals surface area contributed by atoms with Gasteiger partial charge in [-0.1, -0.05) is 12.2 Å². The van der Waals surface area contributed by atoms with Gasteiger partial charge >= 0.3 is 0 Å². The SMILES string of the molecule is C=CCc1cncc(CC=C)c1-n1cccn1. The fraction of sp³-hybridized carbons (Fsp3) is 0.143. The molecule has 0 bridgehead atoms. The molecule has 86 valence electrons. The summed E-state index contributed by atoms with van der Waals surface area (Å²) in [6, 6.07) is 1.91. The van der Waals surface area contributed by atoms with Crippen LogP contribution in [0.2, 0.25) is 0 Å². The van der Waals surface area contributed by atoms with E-state index in [9.17, 15) is 0 Å². The largest absolute Gasteiger partial charge is 0.264 e. The molecule has 3 nitrogen and oxygen atoms in total. The van der Waals surface area contributed by atoms with Gasteiger partial charge in [0.1, 0.15) is 0 Å². The third-order valence-corrected chi connectivity index (χ3v) is 2.53. The molecule has 0 unspecified atom stereocenters. The van der Waals surface area contributed by atoms with Crippen molar-refractivity contribution in [1.29, 1.82) is 0 Å². The number of hydrogen-bond donors (Lipinski definition) is 0. The van der Waals surface area contributed by atoms with E-state index in [4.69, 9.17) is 0 Å². The molecule has 0 saturated heterocycles. The monoisotopic (exact) mass is 225 g/mol. The molecule has 2 heterocycles. The van der Waals surface area contributed by atoms with Crippen molar-refractivity contribution in [2.24, 2.45) is 0 Å². The van der Waals surface area contributed by atoms with Crippen molar-refractivity contribution in [3.63, 3.8) is 0 Å². The second-order valence-electron chi connectivity index (χ2n) is 3.74. The molecule has 0 aliphatic heterocycles. The molecular formula is C14H15N3. The van der Waals surface area contributed by atoms with Crippen molar-refractivity contribution in [2.75, 3.05) is 0 Å². The molecule has 2 aromatic heterocycles. The van der Waals surface area contributed by atoms with Crippen molar-refractivity contribution >= 4 is 0 Å². The second kappa shape index (κ2) is 5.25. The van der Waals surface area contributed by atoms with Crippen molar-refractivity contribution in [2.45, 2.75) is 12.8 Å². The first-order chi connectivity index (χ1) is 8.36. The van der Waals surface area contributed by atoms with Crippen LogP contribution >= 0.6 is 0 Å². The number of hydrogen-bond acceptors (Lipinski definition) is 2. The number of nitrogens with zero attached hydrogens (tertiary/aromatic N) is 3. The van der Waals surface area contributed by atoms with Crippen LogP contribution in [0, 0.1) is 0 Å². The summed E-state index contributed by atoms with van der Waals surface area (Å²) in [6.07, 6.45) is 12.8. The molecule has 0 amide bonds. The Morgan fingerprint density at radius 2 is 1.76 bits per heavy atom. The predicted octanol–water partition coefficient (Wildman–Crippen LogP) is 2.72. The predicted molar refractivity (Wildman–Crippen MR) is 69.2 cm³/mol. The lowest BCUT2D eigenvalue weighted by Crippen LogP contribution is -2.05. The van der Waals surface area contributed by atoms with Gasteiger partial charge in [-0.05, 0) is 18.9 Å². The summed E-state index contributed by atoms with van der Waals surface area (Å²) in [5, 5.41) is 4.29. The lowest BCUT2D eigenvalue weighted by Gasteiger charge is -2.12. The number of pyridine rings is 1. The maximum absolute atomic E-state index is 4.29. The Bertz CT molecular complexity index is 484. The lowest BCUT2D eigenvalue weighted by molar-refractivity contribution is 0.848. The van der Waals surface area contributed by atoms with Gasteiger partial charge in [0.15, 0.2) is 0 Å². The smallest absolute Gasteiger partial charge is 0.0746 e. The molecule has 2 rings (SSSR count). The average molecular weight is 225 g/mol. The standard InChI is InChI=1S/C14H15N3/c1-3-6-12-10-15-11-13(7-4-2)14(12)17-9-5-8-16-17/h3-5,8-11H,1-2,6-7H2. The van der Waals surface area contributed by atoms with Gasteiger partial charge in [0.2, 0.25) is 0 Å². The molecule has 2 aromatic rings. The topological polar surface area (TPSA) is 30.7 Å². The van der Waals surface area contributed by atoms with Gasteiger partial charge in [-0.25, -0.2) is 4.68 Å². The summed E-state index contributed by atoms with van der Waals surface area (Å²) in [4.78, 5) is 4.26. The van der Waals surface area contributed by atoms with E-state index in [-0.39, 0.29) is 0 Å². The van der Waals surface area contributed by atoms with Gasteiger partial charge in [-0.3, -0.25) is 4.98 Å². The van der Waals surface area contributed by atoms with E-state index >= 15 is 0 Å². The highest BCUT2D eigenvalue weighted by Gasteiger charge is 2.09. The minimum absolute atomic E-state index is 0.785. The third kappa shape index (κ3) is 2.33. The number of rotatable bonds is 5. The first-order valence-electron chi connectivity index (χ1n) is 5.54. The molecule has 0 atom stereocenters. The Morgan fingerprint density at radius 3 is 2.24 bits per heavy atom. The van der Waals surface area contributed by atoms with Crippen molar-refractivity contribution < 1.29 is 0 Å². The van der Waals surface area contributed by atoms with Crippen LogP contribution in [0.25, 0.3) is 5.69 Å². The maximum atomic E-state index is 4.29. The molecule has 0 aliphatic carbocycles. The summed E-state index contributed by atoms with van der Waals surface area (Å²) in [5.41, 5.74) is 3.34. The van der Waals surface area contributed by atoms with Crippen LogP contribution in [-0.2, 0) is 12.8 Å². The summed E-state index contributed by atoms with van der Waals surface area (Å²) >= 11 is 0. The summed E-state index contributed by atoms with van der Waals surface area (Å²) < 4.78 is 1.87. The zero-order chi connectivity index (χ0) is 12.1. The zero-order valence-corrected chi connectivity index (χ0v) is 9.71. The number of aromatic nitrogens is 3. The highest BCUT2D eigenvalue weighted by atomic mass is 15.3. The maximum Gasteiger partial charge on any atom is 0.0746 e. The summed E-state index contributed by atoms with van der Waals surface area (Å²) in [6.45, 7) is 7.55. The lowest BCUT2D eigenvalue weighted by atomic mass is 10.1. The van der Waals surface area contributed by atoms with E-state index < -0.39 is 0 Å². The third-order valence-electron chi connectivity index (χ3n) is 2.53. The Labute approximate surface area is 101 Å². The van der Waals surface area contributed by atoms with Gasteiger partial charge in [-0.2, -0.15) is 5.10 Å². The van der Waals surface area contributed by atoms with Crippen molar-refractivity contribution in [3.05, 3.63) is 67.3 Å². The normalized spacial score (nSPS) is 10.1. The van der Waals surface area contributed by atoms with Crippen LogP contribution in [0.1, 0.15) is 11.1 Å². The van der Waals surface area contributed by atoms with Crippen molar-refractivity contribution in [3.8, 4) is 5.69 Å². The fourth-order valence-corrected chi connectivity index (χ4v) is 1.85. The molecule has 0 radical (unpaired) electrons. The first kappa shape index (κ1) is 11.3. The first-order valence-corrected chi connectivity index (χ1v) is 5.54. The van der Waals surface area contributed by atoms with E-state index in [1.165, 1.54) is 0 Å². The highest BCUT2D eigenvalue weighted by Crippen LogP contribution is 2.19. The van der Waals surface area contributed by atoms with Gasteiger partial charge in [0.25, 0.3) is 0 Å². The van der Waals surface area contributed by atoms with E-state index in [1.54, 1.807) is 6.20 Å². The highest BCUT2D eigenvalue weighted by molar-refractivity contribution is 5.47. The minimum Gasteiger partial charge on any atom is -0.264 e. The molecule has 0 saturated carbocycles. The van der Waals surface area contributed by atoms with Crippen molar-refractivity contribution in [1.82, 2.24) is 14.8 Å². The molecule has 0 aromatic carbocycles. The van der Waals surface area contributed by atoms with Crippen LogP contribution in [0.4, 0.5) is 0 Å². The molecular weight excluding hydrogens is 210 g/mol. The second-order valence-corrected chi connectivity index (χ2v) is 3.74. The van der Waals surface area contributed by atoms with E-state index in [0.717, 1.165) is 29.7 Å². The van der Waals surface area contributed by atoms with Crippen LogP contribution < -0.4 is 0 Å². The van der Waals surface area contributed by atoms with Crippen LogP contribution in [-0.4, -0.2) is 14.8 Å². The summed E-state index contributed by atoms with van der Waals surface area (Å²) in [7, 11) is 0. The Balaban J connectivity index is 2.57. The van der Waals surface area contributed by atoms with E-state index in [1.807, 2.05) is 41.5 Å². The van der Waals surface area contributed by atoms with Gasteiger partial charge < -0.3 is 0 Å². The minimum atomic E-state index is 0.785. The average Bonchev–Trinajstić information content (AvgIpc) is 2.84. The Kier molecular flexibility index (Phi) is 3.50. The molecule has 0 fully saturated rings. The van der Waals surface area contributed by atoms with Gasteiger partial charge in [0, 0.05) is 35.9 Å². The molecule has 0 aliphatic rings. The Morgan fingerprint density at radius 1 is 1.12 bits per heavy atom. The molecule has 3 heteroatoms. The van der Waals surface area contributed by atoms with E-state index in [0.29, 0.717) is 0 Å². The van der Waals surface area contributed by atoms with Crippen LogP contribution in [0.5, 0.6) is 0 Å². The van der Waals surface area contributed by atoms with Gasteiger partial charge in [-0.15, -0.1) is 13.2 Å². The van der Waals surface area contributed by atoms with Gasteiger partial charge in [0.05, 0.1) is 5.69 Å². The number of allylic oxidation sites excluding steroid dienone is 2. The molecule has 0 spiro atoms. The van der Waals surface area contributed by atoms with Crippen LogP contribution in [0.3, 0.4) is 0 Å². The quantitative estimate of drug-likeness (QED) is 0.732. The van der Waals surface area contributed by atoms with Crippen LogP contribution in [0.15, 0.2) is 56.2 Å². The fourth-order valence-electron chi connectivity index (χ4n) is 1.85.